The number of nitrogens with zero attached hydrogens (tertiary/aromatic N) is 1. The van der Waals surface area contributed by atoms with Crippen molar-refractivity contribution in [3.63, 3.8) is 0 Å². The molecule has 4 nitrogen and oxygen atoms in total. The Kier molecular flexibility index (Phi) is 4.39. The molecule has 1 aromatic carbocycles. The summed E-state index contributed by atoms with van der Waals surface area (Å²) in [6.45, 7) is 0. The number of hydrogen-bond acceptors (Lipinski definition) is 4. The zero-order chi connectivity index (χ0) is 13.8. The molecule has 0 unspecified atom stereocenters. The Labute approximate surface area is 123 Å². The summed E-state index contributed by atoms with van der Waals surface area (Å²) in [5.74, 6) is 0.191. The van der Waals surface area contributed by atoms with Crippen molar-refractivity contribution < 1.29 is 14.3 Å². The summed E-state index contributed by atoms with van der Waals surface area (Å²) in [5.41, 5.74) is 0.250. The van der Waals surface area contributed by atoms with Crippen LogP contribution in [0.1, 0.15) is 10.4 Å². The molecule has 0 radical (unpaired) electrons. The second kappa shape index (κ2) is 6.04. The molecule has 0 bridgehead atoms. The van der Waals surface area contributed by atoms with E-state index >= 15 is 0 Å². The van der Waals surface area contributed by atoms with Gasteiger partial charge in [0.25, 0.3) is 0 Å². The van der Waals surface area contributed by atoms with Crippen LogP contribution >= 0.6 is 27.5 Å². The number of pyridine rings is 1. The van der Waals surface area contributed by atoms with Crippen LogP contribution < -0.4 is 4.74 Å². The van der Waals surface area contributed by atoms with E-state index in [2.05, 4.69) is 25.7 Å². The number of methoxy groups -OCH3 is 1. The average molecular weight is 343 g/mol. The molecule has 0 atom stereocenters. The molecule has 0 aliphatic carbocycles. The summed E-state index contributed by atoms with van der Waals surface area (Å²) in [7, 11) is 1.30. The van der Waals surface area contributed by atoms with Crippen LogP contribution in [0.3, 0.4) is 0 Å². The number of benzene rings is 1. The number of halogens is 2. The summed E-state index contributed by atoms with van der Waals surface area (Å²) < 4.78 is 11.1. The molecule has 0 fully saturated rings. The molecule has 19 heavy (non-hydrogen) atoms. The highest BCUT2D eigenvalue weighted by Crippen LogP contribution is 2.27. The van der Waals surface area contributed by atoms with Crippen LogP contribution in [0.4, 0.5) is 0 Å². The molecular weight excluding hydrogens is 334 g/mol. The fourth-order valence-corrected chi connectivity index (χ4v) is 1.80. The van der Waals surface area contributed by atoms with Crippen molar-refractivity contribution >= 4 is 33.5 Å². The van der Waals surface area contributed by atoms with Gasteiger partial charge in [-0.3, -0.25) is 0 Å². The molecule has 0 N–H and O–H groups in total. The highest BCUT2D eigenvalue weighted by atomic mass is 79.9. The van der Waals surface area contributed by atoms with Gasteiger partial charge in [0.05, 0.1) is 7.11 Å². The van der Waals surface area contributed by atoms with Gasteiger partial charge in [-0.2, -0.15) is 0 Å². The summed E-state index contributed by atoms with van der Waals surface area (Å²) in [6, 6.07) is 8.18. The lowest BCUT2D eigenvalue weighted by atomic mass is 10.2. The second-order valence-electron chi connectivity index (χ2n) is 3.55. The van der Waals surface area contributed by atoms with Gasteiger partial charge >= 0.3 is 5.97 Å². The first kappa shape index (κ1) is 13.8. The minimum absolute atomic E-state index is 0.250. The van der Waals surface area contributed by atoms with Crippen LogP contribution in [-0.4, -0.2) is 18.1 Å². The van der Waals surface area contributed by atoms with Crippen LogP contribution in [0, 0.1) is 0 Å². The molecule has 1 aromatic heterocycles. The lowest BCUT2D eigenvalue weighted by Gasteiger charge is -2.09. The van der Waals surface area contributed by atoms with Gasteiger partial charge in [-0.1, -0.05) is 11.6 Å². The van der Waals surface area contributed by atoms with Crippen molar-refractivity contribution in [2.24, 2.45) is 0 Å². The van der Waals surface area contributed by atoms with Gasteiger partial charge in [0, 0.05) is 21.8 Å². The summed E-state index contributed by atoms with van der Waals surface area (Å²) in [6.07, 6.45) is 1.60. The third-order valence-electron chi connectivity index (χ3n) is 2.26. The number of hydrogen-bond donors (Lipinski definition) is 0. The minimum atomic E-state index is -0.519. The van der Waals surface area contributed by atoms with Gasteiger partial charge in [0.1, 0.15) is 11.3 Å². The highest BCUT2D eigenvalue weighted by molar-refractivity contribution is 9.10. The molecule has 0 aliphatic rings. The Bertz CT molecular complexity index is 601. The Morgan fingerprint density at radius 1 is 1.32 bits per heavy atom. The van der Waals surface area contributed by atoms with E-state index in [1.54, 1.807) is 30.5 Å². The quantitative estimate of drug-likeness (QED) is 0.789. The molecule has 2 rings (SSSR count). The summed E-state index contributed by atoms with van der Waals surface area (Å²) >= 11 is 9.14. The monoisotopic (exact) mass is 341 g/mol. The normalized spacial score (nSPS) is 10.1. The largest absolute Gasteiger partial charge is 0.465 e. The minimum Gasteiger partial charge on any atom is -0.465 e. The van der Waals surface area contributed by atoms with Crippen molar-refractivity contribution in [2.45, 2.75) is 0 Å². The highest BCUT2D eigenvalue weighted by Gasteiger charge is 2.14. The van der Waals surface area contributed by atoms with Crippen molar-refractivity contribution in [2.75, 3.05) is 7.11 Å². The van der Waals surface area contributed by atoms with Crippen molar-refractivity contribution in [3.05, 3.63) is 51.6 Å². The van der Waals surface area contributed by atoms with Gasteiger partial charge < -0.3 is 9.47 Å². The lowest BCUT2D eigenvalue weighted by molar-refractivity contribution is 0.0598. The number of rotatable bonds is 3. The summed E-state index contributed by atoms with van der Waals surface area (Å²) in [4.78, 5) is 15.7. The maximum atomic E-state index is 11.6. The first-order valence-electron chi connectivity index (χ1n) is 5.27. The van der Waals surface area contributed by atoms with Crippen molar-refractivity contribution in [1.29, 1.82) is 0 Å². The van der Waals surface area contributed by atoms with Gasteiger partial charge in [-0.05, 0) is 40.2 Å². The molecule has 1 heterocycles. The van der Waals surface area contributed by atoms with Crippen LogP contribution in [0.15, 0.2) is 41.0 Å². The fraction of sp³-hybridized carbons (Fsp3) is 0.0769. The van der Waals surface area contributed by atoms with E-state index in [1.807, 2.05) is 0 Å². The lowest BCUT2D eigenvalue weighted by Crippen LogP contribution is -2.04. The van der Waals surface area contributed by atoms with E-state index in [9.17, 15) is 4.79 Å². The molecule has 0 saturated carbocycles. The van der Waals surface area contributed by atoms with E-state index in [1.165, 1.54) is 13.2 Å². The van der Waals surface area contributed by atoms with E-state index in [4.69, 9.17) is 16.3 Å². The second-order valence-corrected chi connectivity index (χ2v) is 4.90. The van der Waals surface area contributed by atoms with Crippen LogP contribution in [-0.2, 0) is 4.74 Å². The molecular formula is C13H9BrClNO3. The molecule has 98 valence electrons. The predicted octanol–water partition coefficient (Wildman–Crippen LogP) is 4.08. The molecule has 2 aromatic rings. The topological polar surface area (TPSA) is 48.4 Å². The Morgan fingerprint density at radius 3 is 2.74 bits per heavy atom. The van der Waals surface area contributed by atoms with Crippen LogP contribution in [0.2, 0.25) is 5.02 Å². The molecule has 0 aliphatic heterocycles. The van der Waals surface area contributed by atoms with E-state index < -0.39 is 5.97 Å². The number of carbonyl (C=O) groups excluding carboxylic acids is 1. The van der Waals surface area contributed by atoms with Crippen LogP contribution in [0.5, 0.6) is 11.6 Å². The average Bonchev–Trinajstić information content (AvgIpc) is 2.42. The third-order valence-corrected chi connectivity index (χ3v) is 2.97. The maximum Gasteiger partial charge on any atom is 0.341 e. The van der Waals surface area contributed by atoms with E-state index in [0.717, 1.165) is 4.47 Å². The molecule has 0 spiro atoms. The van der Waals surface area contributed by atoms with Gasteiger partial charge in [0.15, 0.2) is 0 Å². The third kappa shape index (κ3) is 3.45. The first-order valence-corrected chi connectivity index (χ1v) is 6.44. The molecule has 0 saturated heterocycles. The Hall–Kier alpha value is -1.59. The predicted molar refractivity (Wildman–Crippen MR) is 74.8 cm³/mol. The van der Waals surface area contributed by atoms with E-state index in [-0.39, 0.29) is 5.56 Å². The smallest absolute Gasteiger partial charge is 0.341 e. The number of ether oxygens (including phenoxy) is 2. The SMILES string of the molecule is COC(=O)c1cc(Cl)ccc1Oc1ccc(Br)cn1. The van der Waals surface area contributed by atoms with Crippen LogP contribution in [0.25, 0.3) is 0 Å². The van der Waals surface area contributed by atoms with Gasteiger partial charge in [-0.15, -0.1) is 0 Å². The zero-order valence-corrected chi connectivity index (χ0v) is 12.2. The maximum absolute atomic E-state index is 11.6. The van der Waals surface area contributed by atoms with E-state index in [0.29, 0.717) is 16.7 Å². The first-order chi connectivity index (χ1) is 9.10. The molecule has 6 heteroatoms. The van der Waals surface area contributed by atoms with Gasteiger partial charge in [-0.25, -0.2) is 9.78 Å². The standard InChI is InChI=1S/C13H9BrClNO3/c1-18-13(17)10-6-9(15)3-4-11(10)19-12-5-2-8(14)7-16-12/h2-7H,1H3. The number of aromatic nitrogens is 1. The summed E-state index contributed by atoms with van der Waals surface area (Å²) in [5, 5.41) is 0.427. The Balaban J connectivity index is 2.34. The zero-order valence-electron chi connectivity index (χ0n) is 9.89. The number of carbonyl (C=O) groups is 1. The fourth-order valence-electron chi connectivity index (χ4n) is 1.40. The van der Waals surface area contributed by atoms with Gasteiger partial charge in [0.2, 0.25) is 5.88 Å². The van der Waals surface area contributed by atoms with Crippen molar-refractivity contribution in [1.82, 2.24) is 4.98 Å². The number of esters is 1. The van der Waals surface area contributed by atoms with Crippen molar-refractivity contribution in [3.8, 4) is 11.6 Å². The Morgan fingerprint density at radius 2 is 2.11 bits per heavy atom. The molecule has 0 amide bonds.